The van der Waals surface area contributed by atoms with E-state index in [4.69, 9.17) is 11.6 Å². The maximum Gasteiger partial charge on any atom is 0.235 e. The highest BCUT2D eigenvalue weighted by Gasteiger charge is 2.20. The maximum absolute atomic E-state index is 6.24. The van der Waals surface area contributed by atoms with E-state index in [-0.39, 0.29) is 0 Å². The fourth-order valence-electron chi connectivity index (χ4n) is 2.25. The third-order valence-electron chi connectivity index (χ3n) is 3.30. The molecule has 0 saturated carbocycles. The van der Waals surface area contributed by atoms with Crippen molar-refractivity contribution in [3.8, 4) is 22.2 Å². The summed E-state index contributed by atoms with van der Waals surface area (Å²) >= 11 is 7.62. The number of aromatic amines is 1. The van der Waals surface area contributed by atoms with Crippen LogP contribution in [0.25, 0.3) is 27.2 Å². The minimum absolute atomic E-state index is 0.572. The minimum Gasteiger partial charge on any atom is -0.281 e. The third-order valence-corrected chi connectivity index (χ3v) is 4.67. The Morgan fingerprint density at radius 3 is 2.68 bits per heavy atom. The minimum atomic E-state index is 0.572. The molecular formula is C12H11ClN8S. The van der Waals surface area contributed by atoms with Crippen molar-refractivity contribution in [2.45, 2.75) is 13.8 Å². The van der Waals surface area contributed by atoms with E-state index in [1.54, 1.807) is 9.20 Å². The highest BCUT2D eigenvalue weighted by atomic mass is 35.5. The predicted octanol–water partition coefficient (Wildman–Crippen LogP) is 2.25. The average Bonchev–Trinajstić information content (AvgIpc) is 3.17. The molecule has 112 valence electrons. The van der Waals surface area contributed by atoms with E-state index in [0.29, 0.717) is 26.5 Å². The highest BCUT2D eigenvalue weighted by molar-refractivity contribution is 7.19. The number of rotatable bonds is 2. The molecule has 8 nitrogen and oxygen atoms in total. The van der Waals surface area contributed by atoms with Gasteiger partial charge in [0.15, 0.2) is 5.01 Å². The Morgan fingerprint density at radius 1 is 1.23 bits per heavy atom. The molecule has 0 aromatic carbocycles. The summed E-state index contributed by atoms with van der Waals surface area (Å²) in [6.45, 7) is 3.80. The predicted molar refractivity (Wildman–Crippen MR) is 82.9 cm³/mol. The van der Waals surface area contributed by atoms with E-state index in [1.165, 1.54) is 11.3 Å². The first kappa shape index (κ1) is 13.4. The van der Waals surface area contributed by atoms with Crippen LogP contribution in [0, 0.1) is 13.8 Å². The van der Waals surface area contributed by atoms with E-state index >= 15 is 0 Å². The summed E-state index contributed by atoms with van der Waals surface area (Å²) in [7, 11) is 1.87. The number of hydrogen-bond acceptors (Lipinski definition) is 6. The van der Waals surface area contributed by atoms with Crippen LogP contribution < -0.4 is 0 Å². The first-order valence-corrected chi connectivity index (χ1v) is 7.68. The Labute approximate surface area is 133 Å². The molecule has 0 bridgehead atoms. The molecule has 4 aromatic heterocycles. The Kier molecular flexibility index (Phi) is 2.81. The lowest BCUT2D eigenvalue weighted by Crippen LogP contribution is -1.98. The number of H-pyrrole nitrogens is 1. The van der Waals surface area contributed by atoms with Crippen LogP contribution in [-0.2, 0) is 7.05 Å². The monoisotopic (exact) mass is 334 g/mol. The zero-order valence-corrected chi connectivity index (χ0v) is 13.6. The van der Waals surface area contributed by atoms with Crippen molar-refractivity contribution in [3.05, 3.63) is 22.5 Å². The second-order valence-corrected chi connectivity index (χ2v) is 6.26. The molecule has 0 aliphatic heterocycles. The van der Waals surface area contributed by atoms with Gasteiger partial charge in [0, 0.05) is 7.05 Å². The SMILES string of the molecule is Cc1cc(-c2nnc3sc(-c4n[nH]c(C)c4Cl)nn23)n(C)n1. The topological polar surface area (TPSA) is 89.6 Å². The largest absolute Gasteiger partial charge is 0.281 e. The number of nitrogens with one attached hydrogen (secondary N) is 1. The molecule has 10 heteroatoms. The number of aromatic nitrogens is 8. The lowest BCUT2D eigenvalue weighted by Gasteiger charge is -1.96. The van der Waals surface area contributed by atoms with Gasteiger partial charge in [-0.15, -0.1) is 10.2 Å². The molecule has 1 N–H and O–H groups in total. The van der Waals surface area contributed by atoms with Gasteiger partial charge < -0.3 is 0 Å². The summed E-state index contributed by atoms with van der Waals surface area (Å²) < 4.78 is 3.45. The first-order valence-electron chi connectivity index (χ1n) is 6.48. The Balaban J connectivity index is 1.90. The standard InChI is InChI=1S/C12H11ClN8S/c1-5-4-7(20(3)18-5)10-16-17-12-21(10)19-11(22-12)9-8(13)6(2)14-15-9/h4H,1-3H3,(H,14,15). The smallest absolute Gasteiger partial charge is 0.235 e. The van der Waals surface area contributed by atoms with Crippen molar-refractivity contribution in [1.29, 1.82) is 0 Å². The molecule has 0 aliphatic carbocycles. The van der Waals surface area contributed by atoms with Gasteiger partial charge in [0.05, 0.1) is 16.4 Å². The van der Waals surface area contributed by atoms with E-state index < -0.39 is 0 Å². The second kappa shape index (κ2) is 4.62. The summed E-state index contributed by atoms with van der Waals surface area (Å²) in [4.78, 5) is 0.681. The molecule has 0 spiro atoms. The van der Waals surface area contributed by atoms with Crippen molar-refractivity contribution in [3.63, 3.8) is 0 Å². The van der Waals surface area contributed by atoms with Crippen molar-refractivity contribution >= 4 is 27.9 Å². The van der Waals surface area contributed by atoms with Gasteiger partial charge in [-0.3, -0.25) is 9.78 Å². The summed E-state index contributed by atoms with van der Waals surface area (Å²) in [5.74, 6) is 0.643. The van der Waals surface area contributed by atoms with Crippen LogP contribution in [0.5, 0.6) is 0 Å². The summed E-state index contributed by atoms with van der Waals surface area (Å²) in [6, 6.07) is 1.95. The van der Waals surface area contributed by atoms with Crippen molar-refractivity contribution in [2.75, 3.05) is 0 Å². The first-order chi connectivity index (χ1) is 10.5. The lowest BCUT2D eigenvalue weighted by molar-refractivity contribution is 0.754. The molecular weight excluding hydrogens is 324 g/mol. The van der Waals surface area contributed by atoms with Crippen molar-refractivity contribution < 1.29 is 0 Å². The van der Waals surface area contributed by atoms with Gasteiger partial charge in [-0.2, -0.15) is 19.8 Å². The molecule has 22 heavy (non-hydrogen) atoms. The second-order valence-electron chi connectivity index (χ2n) is 4.93. The molecule has 0 radical (unpaired) electrons. The van der Waals surface area contributed by atoms with Crippen LogP contribution >= 0.6 is 22.9 Å². The van der Waals surface area contributed by atoms with Gasteiger partial charge in [0.25, 0.3) is 0 Å². The van der Waals surface area contributed by atoms with Crippen LogP contribution in [0.1, 0.15) is 11.4 Å². The Hall–Kier alpha value is -2.26. The van der Waals surface area contributed by atoms with Gasteiger partial charge in [0.2, 0.25) is 10.8 Å². The van der Waals surface area contributed by atoms with E-state index in [9.17, 15) is 0 Å². The normalized spacial score (nSPS) is 11.6. The van der Waals surface area contributed by atoms with Crippen LogP contribution in [-0.4, -0.2) is 39.8 Å². The summed E-state index contributed by atoms with van der Waals surface area (Å²) in [5, 5.41) is 25.6. The summed E-state index contributed by atoms with van der Waals surface area (Å²) in [5.41, 5.74) is 3.20. The third kappa shape index (κ3) is 1.86. The Bertz CT molecular complexity index is 990. The molecule has 4 heterocycles. The summed E-state index contributed by atoms with van der Waals surface area (Å²) in [6.07, 6.45) is 0. The molecule has 0 saturated heterocycles. The zero-order valence-electron chi connectivity index (χ0n) is 12.0. The van der Waals surface area contributed by atoms with Gasteiger partial charge in [-0.05, 0) is 19.9 Å². The van der Waals surface area contributed by atoms with Crippen molar-refractivity contribution in [2.24, 2.45) is 7.05 Å². The number of nitrogens with zero attached hydrogens (tertiary/aromatic N) is 7. The van der Waals surface area contributed by atoms with Gasteiger partial charge in [-0.25, -0.2) is 0 Å². The fraction of sp³-hybridized carbons (Fsp3) is 0.250. The van der Waals surface area contributed by atoms with Gasteiger partial charge >= 0.3 is 0 Å². The van der Waals surface area contributed by atoms with E-state index in [0.717, 1.165) is 17.1 Å². The molecule has 0 unspecified atom stereocenters. The molecule has 4 aromatic rings. The van der Waals surface area contributed by atoms with Crippen LogP contribution in [0.4, 0.5) is 0 Å². The number of halogens is 1. The van der Waals surface area contributed by atoms with Crippen LogP contribution in [0.3, 0.4) is 0 Å². The number of fused-ring (bicyclic) bond motifs is 1. The maximum atomic E-state index is 6.24. The van der Waals surface area contributed by atoms with E-state index in [1.807, 2.05) is 27.0 Å². The Morgan fingerprint density at radius 2 is 2.05 bits per heavy atom. The molecule has 0 amide bonds. The molecule has 4 rings (SSSR count). The van der Waals surface area contributed by atoms with Crippen LogP contribution in [0.2, 0.25) is 5.02 Å². The van der Waals surface area contributed by atoms with Crippen molar-refractivity contribution in [1.82, 2.24) is 39.8 Å². The van der Waals surface area contributed by atoms with Gasteiger partial charge in [-0.1, -0.05) is 22.9 Å². The lowest BCUT2D eigenvalue weighted by atomic mass is 10.3. The molecule has 0 aliphatic rings. The average molecular weight is 335 g/mol. The quantitative estimate of drug-likeness (QED) is 0.607. The highest BCUT2D eigenvalue weighted by Crippen LogP contribution is 2.32. The zero-order chi connectivity index (χ0) is 15.4. The van der Waals surface area contributed by atoms with Gasteiger partial charge in [0.1, 0.15) is 11.4 Å². The fourth-order valence-corrected chi connectivity index (χ4v) is 3.31. The van der Waals surface area contributed by atoms with E-state index in [2.05, 4.69) is 30.6 Å². The number of aryl methyl sites for hydroxylation is 3. The van der Waals surface area contributed by atoms with Crippen LogP contribution in [0.15, 0.2) is 6.07 Å². The molecule has 0 fully saturated rings. The molecule has 0 atom stereocenters. The number of hydrogen-bond donors (Lipinski definition) is 1.